The zero-order valence-corrected chi connectivity index (χ0v) is 15.3. The highest BCUT2D eigenvalue weighted by Crippen LogP contribution is 2.26. The molecule has 1 saturated heterocycles. The number of hydrogen-bond acceptors (Lipinski definition) is 6. The number of aromatic nitrogens is 2. The van der Waals surface area contributed by atoms with Crippen LogP contribution in [0.4, 0.5) is 0 Å². The highest BCUT2D eigenvalue weighted by Gasteiger charge is 2.27. The molecule has 7 nitrogen and oxygen atoms in total. The van der Waals surface area contributed by atoms with E-state index in [0.29, 0.717) is 17.8 Å². The maximum absolute atomic E-state index is 10.9. The molecule has 1 aliphatic rings. The smallest absolute Gasteiger partial charge is 0.317 e. The average molecular weight is 358 g/mol. The van der Waals surface area contributed by atoms with Crippen molar-refractivity contribution in [3.8, 4) is 11.4 Å². The SMILES string of the molecule is CC(c1nc(-c2ccccc2)no1)N1CCCC(N(C)CC(=O)O)CC1. The summed E-state index contributed by atoms with van der Waals surface area (Å²) >= 11 is 0. The van der Waals surface area contributed by atoms with Gasteiger partial charge in [0.05, 0.1) is 12.6 Å². The third kappa shape index (κ3) is 4.47. The highest BCUT2D eigenvalue weighted by molar-refractivity contribution is 5.69. The van der Waals surface area contributed by atoms with E-state index in [4.69, 9.17) is 9.63 Å². The molecule has 2 unspecified atom stereocenters. The fraction of sp³-hybridized carbons (Fsp3) is 0.526. The summed E-state index contributed by atoms with van der Waals surface area (Å²) in [6, 6.07) is 10.1. The summed E-state index contributed by atoms with van der Waals surface area (Å²) in [5.41, 5.74) is 0.945. The molecule has 2 heterocycles. The number of hydrogen-bond donors (Lipinski definition) is 1. The Morgan fingerprint density at radius 3 is 2.85 bits per heavy atom. The van der Waals surface area contributed by atoms with Crippen molar-refractivity contribution in [1.29, 1.82) is 0 Å². The summed E-state index contributed by atoms with van der Waals surface area (Å²) in [6.45, 7) is 4.01. The van der Waals surface area contributed by atoms with E-state index in [1.165, 1.54) is 0 Å². The molecule has 2 atom stereocenters. The van der Waals surface area contributed by atoms with Gasteiger partial charge in [0.15, 0.2) is 0 Å². The number of likely N-dealkylation sites (N-methyl/N-ethyl adjacent to an activating group) is 1. The van der Waals surface area contributed by atoms with E-state index in [1.54, 1.807) is 0 Å². The number of aliphatic carboxylic acids is 1. The first kappa shape index (κ1) is 18.5. The molecule has 1 aliphatic heterocycles. The molecule has 0 bridgehead atoms. The van der Waals surface area contributed by atoms with Gasteiger partial charge < -0.3 is 9.63 Å². The van der Waals surface area contributed by atoms with E-state index in [1.807, 2.05) is 42.3 Å². The first-order valence-corrected chi connectivity index (χ1v) is 9.09. The van der Waals surface area contributed by atoms with E-state index in [9.17, 15) is 4.79 Å². The van der Waals surface area contributed by atoms with Crippen LogP contribution in [0.2, 0.25) is 0 Å². The van der Waals surface area contributed by atoms with Crippen LogP contribution in [0.1, 0.15) is 38.1 Å². The molecule has 26 heavy (non-hydrogen) atoms. The van der Waals surface area contributed by atoms with Gasteiger partial charge in [-0.1, -0.05) is 35.5 Å². The quantitative estimate of drug-likeness (QED) is 0.850. The molecule has 0 amide bonds. The maximum atomic E-state index is 10.9. The van der Waals surface area contributed by atoms with Gasteiger partial charge in [0.2, 0.25) is 11.7 Å². The van der Waals surface area contributed by atoms with Gasteiger partial charge in [-0.15, -0.1) is 0 Å². The monoisotopic (exact) mass is 358 g/mol. The van der Waals surface area contributed by atoms with Gasteiger partial charge in [0, 0.05) is 18.2 Å². The Bertz CT molecular complexity index is 719. The van der Waals surface area contributed by atoms with E-state index >= 15 is 0 Å². The van der Waals surface area contributed by atoms with Crippen LogP contribution in [0.15, 0.2) is 34.9 Å². The van der Waals surface area contributed by atoms with Crippen LogP contribution in [0.25, 0.3) is 11.4 Å². The third-order valence-electron chi connectivity index (χ3n) is 5.12. The summed E-state index contributed by atoms with van der Waals surface area (Å²) in [4.78, 5) is 19.8. The van der Waals surface area contributed by atoms with Crippen molar-refractivity contribution in [2.45, 2.75) is 38.3 Å². The van der Waals surface area contributed by atoms with Crippen LogP contribution in [0.3, 0.4) is 0 Å². The number of carboxylic acids is 1. The number of likely N-dealkylation sites (tertiary alicyclic amines) is 1. The maximum Gasteiger partial charge on any atom is 0.317 e. The van der Waals surface area contributed by atoms with Crippen molar-refractivity contribution in [1.82, 2.24) is 19.9 Å². The molecule has 0 radical (unpaired) electrons. The van der Waals surface area contributed by atoms with E-state index in [-0.39, 0.29) is 12.6 Å². The van der Waals surface area contributed by atoms with Crippen LogP contribution in [0, 0.1) is 0 Å². The molecule has 3 rings (SSSR count). The second-order valence-corrected chi connectivity index (χ2v) is 6.93. The summed E-state index contributed by atoms with van der Waals surface area (Å²) in [6.07, 6.45) is 2.97. The number of carbonyl (C=O) groups is 1. The van der Waals surface area contributed by atoms with Gasteiger partial charge in [-0.05, 0) is 39.8 Å². The Balaban J connectivity index is 1.63. The molecule has 0 saturated carbocycles. The van der Waals surface area contributed by atoms with Crippen molar-refractivity contribution >= 4 is 5.97 Å². The van der Waals surface area contributed by atoms with Gasteiger partial charge in [-0.25, -0.2) is 0 Å². The molecule has 2 aromatic rings. The van der Waals surface area contributed by atoms with Crippen molar-refractivity contribution < 1.29 is 14.4 Å². The van der Waals surface area contributed by atoms with Gasteiger partial charge in [-0.2, -0.15) is 4.98 Å². The van der Waals surface area contributed by atoms with E-state index in [2.05, 4.69) is 22.0 Å². The van der Waals surface area contributed by atoms with Gasteiger partial charge in [0.25, 0.3) is 0 Å². The van der Waals surface area contributed by atoms with Crippen LogP contribution in [-0.4, -0.2) is 63.7 Å². The Morgan fingerprint density at radius 1 is 1.35 bits per heavy atom. The van der Waals surface area contributed by atoms with Crippen molar-refractivity contribution in [2.24, 2.45) is 0 Å². The predicted molar refractivity (Wildman–Crippen MR) is 97.6 cm³/mol. The summed E-state index contributed by atoms with van der Waals surface area (Å²) < 4.78 is 5.51. The Hall–Kier alpha value is -2.25. The molecule has 7 heteroatoms. The fourth-order valence-electron chi connectivity index (χ4n) is 3.54. The third-order valence-corrected chi connectivity index (χ3v) is 5.12. The first-order valence-electron chi connectivity index (χ1n) is 9.09. The van der Waals surface area contributed by atoms with E-state index in [0.717, 1.165) is 37.9 Å². The number of carboxylic acid groups (broad SMARTS) is 1. The minimum absolute atomic E-state index is 0.0449. The van der Waals surface area contributed by atoms with E-state index < -0.39 is 5.97 Å². The lowest BCUT2D eigenvalue weighted by atomic mass is 10.1. The molecule has 1 aromatic heterocycles. The molecule has 1 N–H and O–H groups in total. The summed E-state index contributed by atoms with van der Waals surface area (Å²) in [5.74, 6) is 0.462. The van der Waals surface area contributed by atoms with Crippen molar-refractivity contribution in [2.75, 3.05) is 26.7 Å². The fourth-order valence-corrected chi connectivity index (χ4v) is 3.54. The zero-order chi connectivity index (χ0) is 18.5. The van der Waals surface area contributed by atoms with Crippen LogP contribution in [-0.2, 0) is 4.79 Å². The molecule has 1 fully saturated rings. The second-order valence-electron chi connectivity index (χ2n) is 6.93. The molecular weight excluding hydrogens is 332 g/mol. The lowest BCUT2D eigenvalue weighted by Gasteiger charge is -2.27. The van der Waals surface area contributed by atoms with Crippen LogP contribution in [0.5, 0.6) is 0 Å². The Kier molecular flexibility index (Phi) is 6.00. The minimum atomic E-state index is -0.777. The topological polar surface area (TPSA) is 82.7 Å². The Labute approximate surface area is 153 Å². The Morgan fingerprint density at radius 2 is 2.12 bits per heavy atom. The largest absolute Gasteiger partial charge is 0.480 e. The number of rotatable bonds is 6. The summed E-state index contributed by atoms with van der Waals surface area (Å²) in [7, 11) is 1.89. The second kappa shape index (κ2) is 8.42. The molecule has 0 spiro atoms. The minimum Gasteiger partial charge on any atom is -0.480 e. The molecule has 0 aliphatic carbocycles. The standard InChI is InChI=1S/C19H26N4O3/c1-14(19-20-18(21-26-19)15-7-4-3-5-8-15)23-11-6-9-16(10-12-23)22(2)13-17(24)25/h3-5,7-8,14,16H,6,9-13H2,1-2H3,(H,24,25). The van der Waals surface area contributed by atoms with Crippen molar-refractivity contribution in [3.05, 3.63) is 36.2 Å². The number of benzene rings is 1. The van der Waals surface area contributed by atoms with Crippen molar-refractivity contribution in [3.63, 3.8) is 0 Å². The molecule has 140 valence electrons. The highest BCUT2D eigenvalue weighted by atomic mass is 16.5. The predicted octanol–water partition coefficient (Wildman–Crippen LogP) is 2.67. The molecule has 1 aromatic carbocycles. The summed E-state index contributed by atoms with van der Waals surface area (Å²) in [5, 5.41) is 13.1. The number of nitrogens with zero attached hydrogens (tertiary/aromatic N) is 4. The lowest BCUT2D eigenvalue weighted by Crippen LogP contribution is -2.36. The van der Waals surface area contributed by atoms with Gasteiger partial charge in [0.1, 0.15) is 0 Å². The lowest BCUT2D eigenvalue weighted by molar-refractivity contribution is -0.138. The zero-order valence-electron chi connectivity index (χ0n) is 15.3. The normalized spacial score (nSPS) is 20.0. The van der Waals surface area contributed by atoms with Gasteiger partial charge >= 0.3 is 5.97 Å². The van der Waals surface area contributed by atoms with Gasteiger partial charge in [-0.3, -0.25) is 14.6 Å². The first-order chi connectivity index (χ1) is 12.5. The molecular formula is C19H26N4O3. The van der Waals surface area contributed by atoms with Crippen LogP contribution >= 0.6 is 0 Å². The average Bonchev–Trinajstić information content (AvgIpc) is 2.99. The van der Waals surface area contributed by atoms with Crippen LogP contribution < -0.4 is 0 Å².